The second-order valence-corrected chi connectivity index (χ2v) is 3.23. The zero-order chi connectivity index (χ0) is 10.9. The molecular formula is C13H15NO. The molecule has 15 heavy (non-hydrogen) atoms. The van der Waals surface area contributed by atoms with Crippen molar-refractivity contribution in [1.82, 2.24) is 0 Å². The fourth-order valence-electron chi connectivity index (χ4n) is 1.09. The lowest BCUT2D eigenvalue weighted by Crippen LogP contribution is -2.07. The highest BCUT2D eigenvalue weighted by Gasteiger charge is 1.94. The topological polar surface area (TPSA) is 29.1 Å². The fourth-order valence-corrected chi connectivity index (χ4v) is 1.09. The summed E-state index contributed by atoms with van der Waals surface area (Å²) in [5.41, 5.74) is 0.785. The Hall–Kier alpha value is -1.75. The Morgan fingerprint density at radius 2 is 2.07 bits per heavy atom. The van der Waals surface area contributed by atoms with E-state index in [-0.39, 0.29) is 5.91 Å². The van der Waals surface area contributed by atoms with Gasteiger partial charge in [0.1, 0.15) is 0 Å². The summed E-state index contributed by atoms with van der Waals surface area (Å²) < 4.78 is 0. The Bertz CT molecular complexity index is 359. The molecule has 1 aromatic carbocycles. The van der Waals surface area contributed by atoms with Gasteiger partial charge in [-0.2, -0.15) is 0 Å². The van der Waals surface area contributed by atoms with Crippen molar-refractivity contribution in [3.63, 3.8) is 0 Å². The number of hydrogen-bond acceptors (Lipinski definition) is 1. The molecule has 0 aliphatic heterocycles. The molecule has 0 bridgehead atoms. The van der Waals surface area contributed by atoms with Gasteiger partial charge in [-0.3, -0.25) is 4.79 Å². The normalized spacial score (nSPS) is 8.87. The largest absolute Gasteiger partial charge is 0.315 e. The van der Waals surface area contributed by atoms with Crippen LogP contribution in [-0.4, -0.2) is 5.91 Å². The number of anilines is 1. The van der Waals surface area contributed by atoms with Gasteiger partial charge in [-0.25, -0.2) is 0 Å². The third-order valence-electron chi connectivity index (χ3n) is 1.89. The van der Waals surface area contributed by atoms with Crippen LogP contribution < -0.4 is 5.32 Å². The average Bonchev–Trinajstić information content (AvgIpc) is 2.26. The van der Waals surface area contributed by atoms with Gasteiger partial charge in [-0.15, -0.1) is 0 Å². The fraction of sp³-hybridized carbons (Fsp3) is 0.308. The summed E-state index contributed by atoms with van der Waals surface area (Å²) >= 11 is 0. The molecule has 0 unspecified atom stereocenters. The van der Waals surface area contributed by atoms with Crippen molar-refractivity contribution in [2.24, 2.45) is 0 Å². The molecule has 0 radical (unpaired) electrons. The van der Waals surface area contributed by atoms with Crippen LogP contribution >= 0.6 is 0 Å². The lowest BCUT2D eigenvalue weighted by Gasteiger charge is -1.98. The number of carbonyl (C=O) groups excluding carboxylic acids is 1. The maximum Gasteiger partial charge on any atom is 0.300 e. The van der Waals surface area contributed by atoms with Gasteiger partial charge in [0.15, 0.2) is 0 Å². The van der Waals surface area contributed by atoms with Crippen LogP contribution in [0.25, 0.3) is 0 Å². The molecule has 78 valence electrons. The van der Waals surface area contributed by atoms with E-state index in [0.717, 1.165) is 24.9 Å². The van der Waals surface area contributed by atoms with E-state index in [1.807, 2.05) is 30.3 Å². The summed E-state index contributed by atoms with van der Waals surface area (Å²) in [4.78, 5) is 11.3. The van der Waals surface area contributed by atoms with E-state index < -0.39 is 0 Å². The highest BCUT2D eigenvalue weighted by Crippen LogP contribution is 2.03. The molecule has 0 fully saturated rings. The molecule has 0 aliphatic rings. The Morgan fingerprint density at radius 3 is 2.73 bits per heavy atom. The van der Waals surface area contributed by atoms with Gasteiger partial charge >= 0.3 is 0 Å². The van der Waals surface area contributed by atoms with Crippen molar-refractivity contribution in [3.8, 4) is 11.8 Å². The second-order valence-electron chi connectivity index (χ2n) is 3.23. The van der Waals surface area contributed by atoms with Crippen LogP contribution in [0.3, 0.4) is 0 Å². The summed E-state index contributed by atoms with van der Waals surface area (Å²) in [7, 11) is 0. The number of nitrogens with one attached hydrogen (secondary N) is 1. The van der Waals surface area contributed by atoms with Crippen LogP contribution in [-0.2, 0) is 4.79 Å². The zero-order valence-electron chi connectivity index (χ0n) is 8.92. The molecule has 1 amide bonds. The molecule has 0 heterocycles. The number of carbonyl (C=O) groups is 1. The van der Waals surface area contributed by atoms with E-state index in [2.05, 4.69) is 24.1 Å². The summed E-state index contributed by atoms with van der Waals surface area (Å²) in [5.74, 6) is 5.17. The number of benzene rings is 1. The zero-order valence-corrected chi connectivity index (χ0v) is 8.92. The number of unbranched alkanes of at least 4 members (excludes halogenated alkanes) is 2. The van der Waals surface area contributed by atoms with Gasteiger partial charge in [-0.05, 0) is 24.5 Å². The number of rotatable bonds is 3. The van der Waals surface area contributed by atoms with Crippen molar-refractivity contribution in [2.45, 2.75) is 26.2 Å². The number of para-hydroxylation sites is 1. The standard InChI is InChI=1S/C13H15NO/c1-2-3-4-8-11-13(15)14-12-9-6-5-7-10-12/h5-7,9-10H,2-4H2,1H3,(H,14,15). The van der Waals surface area contributed by atoms with Crippen LogP contribution in [0.5, 0.6) is 0 Å². The molecule has 0 atom stereocenters. The third-order valence-corrected chi connectivity index (χ3v) is 1.89. The Kier molecular flexibility index (Phi) is 5.03. The van der Waals surface area contributed by atoms with Crippen molar-refractivity contribution in [2.75, 3.05) is 5.32 Å². The van der Waals surface area contributed by atoms with Crippen molar-refractivity contribution in [1.29, 1.82) is 0 Å². The average molecular weight is 201 g/mol. The second kappa shape index (κ2) is 6.67. The van der Waals surface area contributed by atoms with Crippen molar-refractivity contribution >= 4 is 11.6 Å². The summed E-state index contributed by atoms with van der Waals surface area (Å²) in [6, 6.07) is 9.33. The highest BCUT2D eigenvalue weighted by atomic mass is 16.1. The first-order valence-electron chi connectivity index (χ1n) is 5.18. The first kappa shape index (κ1) is 11.3. The molecule has 0 spiro atoms. The Labute approximate surface area is 90.7 Å². The molecule has 0 saturated heterocycles. The quantitative estimate of drug-likeness (QED) is 0.591. The van der Waals surface area contributed by atoms with Gasteiger partial charge < -0.3 is 5.32 Å². The van der Waals surface area contributed by atoms with Gasteiger partial charge in [0.05, 0.1) is 0 Å². The SMILES string of the molecule is CCCCC#CC(=O)Nc1ccccc1. The van der Waals surface area contributed by atoms with Crippen molar-refractivity contribution in [3.05, 3.63) is 30.3 Å². The minimum absolute atomic E-state index is 0.239. The van der Waals surface area contributed by atoms with Gasteiger partial charge in [0.25, 0.3) is 5.91 Å². The molecule has 1 rings (SSSR count). The Morgan fingerprint density at radius 1 is 1.33 bits per heavy atom. The smallest absolute Gasteiger partial charge is 0.300 e. The molecule has 0 aromatic heterocycles. The van der Waals surface area contributed by atoms with E-state index in [9.17, 15) is 4.79 Å². The molecule has 1 aromatic rings. The van der Waals surface area contributed by atoms with E-state index in [0.29, 0.717) is 0 Å². The van der Waals surface area contributed by atoms with Crippen LogP contribution in [0.1, 0.15) is 26.2 Å². The molecular weight excluding hydrogens is 186 g/mol. The molecule has 1 N–H and O–H groups in total. The molecule has 2 heteroatoms. The molecule has 0 saturated carbocycles. The summed E-state index contributed by atoms with van der Waals surface area (Å²) in [6.07, 6.45) is 2.94. The first-order valence-corrected chi connectivity index (χ1v) is 5.18. The van der Waals surface area contributed by atoms with Crippen LogP contribution in [0.15, 0.2) is 30.3 Å². The van der Waals surface area contributed by atoms with E-state index in [1.54, 1.807) is 0 Å². The van der Waals surface area contributed by atoms with Crippen LogP contribution in [0.4, 0.5) is 5.69 Å². The number of amides is 1. The van der Waals surface area contributed by atoms with E-state index in [1.165, 1.54) is 0 Å². The predicted octanol–water partition coefficient (Wildman–Crippen LogP) is 2.82. The Balaban J connectivity index is 2.38. The van der Waals surface area contributed by atoms with Gasteiger partial charge in [0.2, 0.25) is 0 Å². The minimum Gasteiger partial charge on any atom is -0.315 e. The van der Waals surface area contributed by atoms with Gasteiger partial charge in [0, 0.05) is 12.1 Å². The minimum atomic E-state index is -0.239. The molecule has 2 nitrogen and oxygen atoms in total. The monoisotopic (exact) mass is 201 g/mol. The lowest BCUT2D eigenvalue weighted by atomic mass is 10.2. The maximum absolute atomic E-state index is 11.3. The summed E-state index contributed by atoms with van der Waals surface area (Å²) in [6.45, 7) is 2.10. The van der Waals surface area contributed by atoms with E-state index >= 15 is 0 Å². The van der Waals surface area contributed by atoms with Crippen LogP contribution in [0.2, 0.25) is 0 Å². The first-order chi connectivity index (χ1) is 7.33. The predicted molar refractivity (Wildman–Crippen MR) is 62.4 cm³/mol. The van der Waals surface area contributed by atoms with Crippen LogP contribution in [0, 0.1) is 11.8 Å². The maximum atomic E-state index is 11.3. The van der Waals surface area contributed by atoms with Crippen molar-refractivity contribution < 1.29 is 4.79 Å². The third kappa shape index (κ3) is 4.87. The highest BCUT2D eigenvalue weighted by molar-refractivity contribution is 6.03. The van der Waals surface area contributed by atoms with E-state index in [4.69, 9.17) is 0 Å². The summed E-state index contributed by atoms with van der Waals surface area (Å²) in [5, 5.41) is 2.71. The molecule has 0 aliphatic carbocycles. The van der Waals surface area contributed by atoms with Gasteiger partial charge in [-0.1, -0.05) is 37.5 Å². The lowest BCUT2D eigenvalue weighted by molar-refractivity contribution is -0.111. The number of hydrogen-bond donors (Lipinski definition) is 1.